The molecule has 2 aromatic rings. The second-order valence-corrected chi connectivity index (χ2v) is 6.78. The first-order valence-corrected chi connectivity index (χ1v) is 9.04. The third-order valence-corrected chi connectivity index (χ3v) is 4.84. The van der Waals surface area contributed by atoms with E-state index in [2.05, 4.69) is 53.4 Å². The van der Waals surface area contributed by atoms with Crippen molar-refractivity contribution < 1.29 is 4.79 Å². The number of rotatable bonds is 5. The van der Waals surface area contributed by atoms with Crippen LogP contribution in [0.25, 0.3) is 0 Å². The van der Waals surface area contributed by atoms with Crippen molar-refractivity contribution in [2.24, 2.45) is 0 Å². The molecule has 0 spiro atoms. The molecule has 1 heterocycles. The van der Waals surface area contributed by atoms with Crippen LogP contribution in [-0.4, -0.2) is 48.9 Å². The standard InChI is InChI=1S/C21H27N3O/c1-3-17-6-10-20(11-7-17)22-21(25)19-8-4-18(5-9-19)16-24-14-12-23(2)13-15-24/h4-11H,3,12-16H2,1-2H3,(H,22,25). The van der Waals surface area contributed by atoms with Crippen LogP contribution in [0.3, 0.4) is 0 Å². The van der Waals surface area contributed by atoms with Crippen molar-refractivity contribution >= 4 is 11.6 Å². The predicted octanol–water partition coefficient (Wildman–Crippen LogP) is 3.25. The van der Waals surface area contributed by atoms with Crippen LogP contribution in [0.5, 0.6) is 0 Å². The van der Waals surface area contributed by atoms with Crippen LogP contribution in [0.15, 0.2) is 48.5 Å². The third kappa shape index (κ3) is 4.91. The van der Waals surface area contributed by atoms with Crippen molar-refractivity contribution in [1.82, 2.24) is 9.80 Å². The smallest absolute Gasteiger partial charge is 0.255 e. The van der Waals surface area contributed by atoms with Crippen molar-refractivity contribution in [3.63, 3.8) is 0 Å². The average Bonchev–Trinajstić information content (AvgIpc) is 2.65. The molecule has 1 N–H and O–H groups in total. The molecule has 0 saturated carbocycles. The Hall–Kier alpha value is -2.17. The Morgan fingerprint density at radius 2 is 1.52 bits per heavy atom. The van der Waals surface area contributed by atoms with Crippen molar-refractivity contribution in [3.05, 3.63) is 65.2 Å². The van der Waals surface area contributed by atoms with E-state index in [0.717, 1.165) is 44.8 Å². The molecule has 1 fully saturated rings. The molecule has 132 valence electrons. The maximum atomic E-state index is 12.4. The number of nitrogens with one attached hydrogen (secondary N) is 1. The van der Waals surface area contributed by atoms with Crippen molar-refractivity contribution in [2.75, 3.05) is 38.5 Å². The van der Waals surface area contributed by atoms with Gasteiger partial charge in [-0.2, -0.15) is 0 Å². The van der Waals surface area contributed by atoms with Gasteiger partial charge in [0.15, 0.2) is 0 Å². The second-order valence-electron chi connectivity index (χ2n) is 6.78. The highest BCUT2D eigenvalue weighted by atomic mass is 16.1. The summed E-state index contributed by atoms with van der Waals surface area (Å²) < 4.78 is 0. The molecular formula is C21H27N3O. The molecule has 0 aliphatic carbocycles. The lowest BCUT2D eigenvalue weighted by atomic mass is 10.1. The number of benzene rings is 2. The summed E-state index contributed by atoms with van der Waals surface area (Å²) in [5.41, 5.74) is 4.06. The molecule has 2 aromatic carbocycles. The van der Waals surface area contributed by atoms with Crippen LogP contribution in [0.2, 0.25) is 0 Å². The number of nitrogens with zero attached hydrogens (tertiary/aromatic N) is 2. The fourth-order valence-corrected chi connectivity index (χ4v) is 3.05. The van der Waals surface area contributed by atoms with Gasteiger partial charge in [0, 0.05) is 44.0 Å². The number of amides is 1. The minimum absolute atomic E-state index is 0.0598. The zero-order valence-corrected chi connectivity index (χ0v) is 15.2. The lowest BCUT2D eigenvalue weighted by Crippen LogP contribution is -2.43. The number of aryl methyl sites for hydroxylation is 1. The summed E-state index contributed by atoms with van der Waals surface area (Å²) in [7, 11) is 2.17. The van der Waals surface area contributed by atoms with Crippen LogP contribution in [0.4, 0.5) is 5.69 Å². The van der Waals surface area contributed by atoms with Gasteiger partial charge in [0.1, 0.15) is 0 Å². The number of piperazine rings is 1. The normalized spacial score (nSPS) is 15.9. The van der Waals surface area contributed by atoms with E-state index in [0.29, 0.717) is 5.56 Å². The number of likely N-dealkylation sites (N-methyl/N-ethyl adjacent to an activating group) is 1. The summed E-state index contributed by atoms with van der Waals surface area (Å²) in [6, 6.07) is 16.0. The van der Waals surface area contributed by atoms with Crippen LogP contribution in [0.1, 0.15) is 28.4 Å². The Balaban J connectivity index is 1.56. The average molecular weight is 337 g/mol. The fraction of sp³-hybridized carbons (Fsp3) is 0.381. The van der Waals surface area contributed by atoms with Gasteiger partial charge in [-0.3, -0.25) is 9.69 Å². The van der Waals surface area contributed by atoms with E-state index in [9.17, 15) is 4.79 Å². The van der Waals surface area contributed by atoms with E-state index in [1.54, 1.807) is 0 Å². The zero-order valence-electron chi connectivity index (χ0n) is 15.2. The molecule has 4 nitrogen and oxygen atoms in total. The number of anilines is 1. The van der Waals surface area contributed by atoms with Crippen LogP contribution in [-0.2, 0) is 13.0 Å². The number of hydrogen-bond acceptors (Lipinski definition) is 3. The fourth-order valence-electron chi connectivity index (χ4n) is 3.05. The molecule has 1 aliphatic rings. The van der Waals surface area contributed by atoms with E-state index in [1.165, 1.54) is 11.1 Å². The van der Waals surface area contributed by atoms with Gasteiger partial charge < -0.3 is 10.2 Å². The quantitative estimate of drug-likeness (QED) is 0.910. The molecule has 1 saturated heterocycles. The molecule has 3 rings (SSSR count). The van der Waals surface area contributed by atoms with Crippen molar-refractivity contribution in [1.29, 1.82) is 0 Å². The largest absolute Gasteiger partial charge is 0.322 e. The third-order valence-electron chi connectivity index (χ3n) is 4.84. The highest BCUT2D eigenvalue weighted by Gasteiger charge is 2.14. The Morgan fingerprint density at radius 1 is 0.920 bits per heavy atom. The van der Waals surface area contributed by atoms with E-state index < -0.39 is 0 Å². The van der Waals surface area contributed by atoms with Gasteiger partial charge in [-0.1, -0.05) is 31.2 Å². The lowest BCUT2D eigenvalue weighted by Gasteiger charge is -2.32. The van der Waals surface area contributed by atoms with Gasteiger partial charge >= 0.3 is 0 Å². The monoisotopic (exact) mass is 337 g/mol. The first-order valence-electron chi connectivity index (χ1n) is 9.04. The topological polar surface area (TPSA) is 35.6 Å². The molecular weight excluding hydrogens is 310 g/mol. The summed E-state index contributed by atoms with van der Waals surface area (Å²) in [5.74, 6) is -0.0598. The molecule has 1 aliphatic heterocycles. The van der Waals surface area contributed by atoms with Crippen LogP contribution < -0.4 is 5.32 Å². The highest BCUT2D eigenvalue weighted by Crippen LogP contribution is 2.13. The maximum absolute atomic E-state index is 12.4. The molecule has 0 bridgehead atoms. The molecule has 25 heavy (non-hydrogen) atoms. The maximum Gasteiger partial charge on any atom is 0.255 e. The molecule has 0 radical (unpaired) electrons. The Bertz CT molecular complexity index is 686. The molecule has 0 atom stereocenters. The van der Waals surface area contributed by atoms with E-state index >= 15 is 0 Å². The zero-order chi connectivity index (χ0) is 17.6. The van der Waals surface area contributed by atoms with Crippen molar-refractivity contribution in [2.45, 2.75) is 19.9 Å². The van der Waals surface area contributed by atoms with Crippen molar-refractivity contribution in [3.8, 4) is 0 Å². The predicted molar refractivity (Wildman–Crippen MR) is 103 cm³/mol. The van der Waals surface area contributed by atoms with Gasteiger partial charge in [-0.05, 0) is 48.9 Å². The molecule has 0 unspecified atom stereocenters. The first kappa shape index (κ1) is 17.6. The van der Waals surface area contributed by atoms with Gasteiger partial charge in [0.2, 0.25) is 0 Å². The Morgan fingerprint density at radius 3 is 2.12 bits per heavy atom. The van der Waals surface area contributed by atoms with Gasteiger partial charge in [0.25, 0.3) is 5.91 Å². The summed E-state index contributed by atoms with van der Waals surface area (Å²) in [6.45, 7) is 7.53. The number of hydrogen-bond donors (Lipinski definition) is 1. The Labute approximate surface area is 150 Å². The summed E-state index contributed by atoms with van der Waals surface area (Å²) in [6.07, 6.45) is 1.00. The van der Waals surface area contributed by atoms with Crippen LogP contribution in [0, 0.1) is 0 Å². The van der Waals surface area contributed by atoms with Gasteiger partial charge in [-0.15, -0.1) is 0 Å². The summed E-state index contributed by atoms with van der Waals surface area (Å²) >= 11 is 0. The first-order chi connectivity index (χ1) is 12.1. The summed E-state index contributed by atoms with van der Waals surface area (Å²) in [5, 5.41) is 2.96. The summed E-state index contributed by atoms with van der Waals surface area (Å²) in [4.78, 5) is 17.2. The molecule has 4 heteroatoms. The number of carbonyl (C=O) groups excluding carboxylic acids is 1. The SMILES string of the molecule is CCc1ccc(NC(=O)c2ccc(CN3CCN(C)CC3)cc2)cc1. The molecule has 1 amide bonds. The second kappa shape index (κ2) is 8.28. The van der Waals surface area contributed by atoms with E-state index in [-0.39, 0.29) is 5.91 Å². The molecule has 0 aromatic heterocycles. The van der Waals surface area contributed by atoms with E-state index in [4.69, 9.17) is 0 Å². The van der Waals surface area contributed by atoms with E-state index in [1.807, 2.05) is 24.3 Å². The minimum Gasteiger partial charge on any atom is -0.322 e. The Kier molecular flexibility index (Phi) is 5.84. The minimum atomic E-state index is -0.0598. The van der Waals surface area contributed by atoms with Gasteiger partial charge in [0.05, 0.1) is 0 Å². The van der Waals surface area contributed by atoms with Crippen LogP contribution >= 0.6 is 0 Å². The highest BCUT2D eigenvalue weighted by molar-refractivity contribution is 6.04. The lowest BCUT2D eigenvalue weighted by molar-refractivity contribution is 0.102. The number of carbonyl (C=O) groups is 1. The van der Waals surface area contributed by atoms with Gasteiger partial charge in [-0.25, -0.2) is 0 Å².